The fourth-order valence-corrected chi connectivity index (χ4v) is 3.98. The highest BCUT2D eigenvalue weighted by Crippen LogP contribution is 2.56. The molecule has 2 heterocycles. The van der Waals surface area contributed by atoms with Gasteiger partial charge < -0.3 is 4.90 Å². The number of fused-ring (bicyclic) bond motifs is 2. The molecule has 5 nitrogen and oxygen atoms in total. The lowest BCUT2D eigenvalue weighted by Crippen LogP contribution is -2.50. The van der Waals surface area contributed by atoms with Gasteiger partial charge in [-0.2, -0.15) is 0 Å². The number of imide groups is 1. The third-order valence-corrected chi connectivity index (χ3v) is 5.35. The van der Waals surface area contributed by atoms with Crippen LogP contribution in [0.3, 0.4) is 0 Å². The van der Waals surface area contributed by atoms with Gasteiger partial charge in [0.2, 0.25) is 5.91 Å². The summed E-state index contributed by atoms with van der Waals surface area (Å²) in [5.74, 6) is -5.38. The highest BCUT2D eigenvalue weighted by Gasteiger charge is 2.72. The van der Waals surface area contributed by atoms with Crippen LogP contribution in [0.15, 0.2) is 18.2 Å². The number of likely N-dealkylation sites (N-methyl/N-ethyl adjacent to an activating group) is 1. The van der Waals surface area contributed by atoms with Crippen LogP contribution < -0.4 is 0 Å². The number of alkyl halides is 2. The molecule has 1 aliphatic carbocycles. The molecule has 1 aromatic carbocycles. The Morgan fingerprint density at radius 3 is 2.46 bits per heavy atom. The van der Waals surface area contributed by atoms with E-state index in [1.807, 2.05) is 0 Å². The number of nitrogens with zero attached hydrogens (tertiary/aromatic N) is 2. The zero-order chi connectivity index (χ0) is 17.4. The van der Waals surface area contributed by atoms with Crippen molar-refractivity contribution in [1.29, 1.82) is 0 Å². The Balaban J connectivity index is 1.67. The van der Waals surface area contributed by atoms with Crippen LogP contribution >= 0.6 is 0 Å². The lowest BCUT2D eigenvalue weighted by Gasteiger charge is -2.28. The number of hydrogen-bond acceptors (Lipinski definition) is 3. The largest absolute Gasteiger partial charge is 0.334 e. The van der Waals surface area contributed by atoms with Gasteiger partial charge in [-0.1, -0.05) is 11.6 Å². The van der Waals surface area contributed by atoms with Crippen molar-refractivity contribution in [3.8, 4) is 0 Å². The molecular formula is C17H16F2N2O3. The Bertz CT molecular complexity index is 792. The van der Waals surface area contributed by atoms with E-state index >= 15 is 0 Å². The number of hydrogen-bond donors (Lipinski definition) is 0. The Labute approximate surface area is 137 Å². The van der Waals surface area contributed by atoms with E-state index < -0.39 is 41.6 Å². The van der Waals surface area contributed by atoms with Crippen molar-refractivity contribution in [2.75, 3.05) is 7.05 Å². The third kappa shape index (κ3) is 1.81. The summed E-state index contributed by atoms with van der Waals surface area (Å²) in [4.78, 5) is 39.8. The predicted molar refractivity (Wildman–Crippen MR) is 79.7 cm³/mol. The molecule has 24 heavy (non-hydrogen) atoms. The molecular weight excluding hydrogens is 318 g/mol. The summed E-state index contributed by atoms with van der Waals surface area (Å²) >= 11 is 0. The molecule has 3 atom stereocenters. The van der Waals surface area contributed by atoms with E-state index in [0.29, 0.717) is 0 Å². The average Bonchev–Trinajstić information content (AvgIpc) is 3.04. The number of amides is 3. The number of halogens is 2. The van der Waals surface area contributed by atoms with Gasteiger partial charge in [0.25, 0.3) is 17.7 Å². The summed E-state index contributed by atoms with van der Waals surface area (Å²) in [6.07, 6.45) is 0.190. The minimum absolute atomic E-state index is 0.0738. The standard InChI is InChI=1S/C17H16F2N2O3/c1-8-3-4-9-10(7-8)15(23)21(14(9)22)12-6-5-11-13(17(11,18)19)20(2)16(12)24/h3-4,7,11-13H,5-6H2,1-2H3/t11?,12-,13?/m0/s1. The van der Waals surface area contributed by atoms with Crippen LogP contribution in [-0.4, -0.2) is 52.6 Å². The third-order valence-electron chi connectivity index (χ3n) is 5.35. The van der Waals surface area contributed by atoms with Gasteiger partial charge in [0.15, 0.2) is 0 Å². The first kappa shape index (κ1) is 15.2. The Hall–Kier alpha value is -2.31. The molecule has 2 unspecified atom stereocenters. The predicted octanol–water partition coefficient (Wildman–Crippen LogP) is 1.85. The molecule has 7 heteroatoms. The van der Waals surface area contributed by atoms with Crippen molar-refractivity contribution in [3.63, 3.8) is 0 Å². The second kappa shape index (κ2) is 4.62. The van der Waals surface area contributed by atoms with E-state index in [1.54, 1.807) is 25.1 Å². The van der Waals surface area contributed by atoms with Gasteiger partial charge in [0, 0.05) is 7.05 Å². The number of carbonyl (C=O) groups is 3. The van der Waals surface area contributed by atoms with Crippen LogP contribution in [0.25, 0.3) is 0 Å². The maximum absolute atomic E-state index is 13.7. The van der Waals surface area contributed by atoms with Crippen LogP contribution in [0.1, 0.15) is 39.1 Å². The molecule has 0 aromatic heterocycles. The van der Waals surface area contributed by atoms with Gasteiger partial charge in [0.1, 0.15) is 12.1 Å². The van der Waals surface area contributed by atoms with Gasteiger partial charge in [-0.05, 0) is 31.9 Å². The lowest BCUT2D eigenvalue weighted by molar-refractivity contribution is -0.136. The second-order valence-electron chi connectivity index (χ2n) is 6.80. The van der Waals surface area contributed by atoms with Gasteiger partial charge in [-0.25, -0.2) is 8.78 Å². The average molecular weight is 334 g/mol. The molecule has 0 radical (unpaired) electrons. The summed E-state index contributed by atoms with van der Waals surface area (Å²) in [5, 5.41) is 0. The molecule has 3 amide bonds. The zero-order valence-corrected chi connectivity index (χ0v) is 13.3. The number of likely N-dealkylation sites (tertiary alicyclic amines) is 1. The van der Waals surface area contributed by atoms with Gasteiger partial charge in [-0.3, -0.25) is 19.3 Å². The number of benzene rings is 1. The number of carbonyl (C=O) groups excluding carboxylic acids is 3. The highest BCUT2D eigenvalue weighted by atomic mass is 19.3. The minimum Gasteiger partial charge on any atom is -0.334 e. The SMILES string of the molecule is Cc1ccc2c(c1)C(=O)N([C@H]1CCC3C(N(C)C1=O)C3(F)F)C2=O. The summed E-state index contributed by atoms with van der Waals surface area (Å²) in [6, 6.07) is 2.79. The van der Waals surface area contributed by atoms with Crippen molar-refractivity contribution in [2.45, 2.75) is 37.8 Å². The van der Waals surface area contributed by atoms with E-state index in [9.17, 15) is 23.2 Å². The Morgan fingerprint density at radius 1 is 1.08 bits per heavy atom. The molecule has 1 saturated carbocycles. The summed E-state index contributed by atoms with van der Waals surface area (Å²) in [5.41, 5.74) is 1.37. The second-order valence-corrected chi connectivity index (χ2v) is 6.80. The van der Waals surface area contributed by atoms with Crippen LogP contribution in [0.5, 0.6) is 0 Å². The van der Waals surface area contributed by atoms with Crippen LogP contribution in [0.2, 0.25) is 0 Å². The van der Waals surface area contributed by atoms with Crippen molar-refractivity contribution in [2.24, 2.45) is 5.92 Å². The molecule has 0 N–H and O–H groups in total. The van der Waals surface area contributed by atoms with Gasteiger partial charge in [0.05, 0.1) is 17.0 Å². The maximum atomic E-state index is 13.7. The van der Waals surface area contributed by atoms with E-state index in [0.717, 1.165) is 15.4 Å². The fourth-order valence-electron chi connectivity index (χ4n) is 3.98. The first-order chi connectivity index (χ1) is 11.2. The molecule has 1 saturated heterocycles. The zero-order valence-electron chi connectivity index (χ0n) is 13.3. The Morgan fingerprint density at radius 2 is 1.75 bits per heavy atom. The van der Waals surface area contributed by atoms with Crippen molar-refractivity contribution in [1.82, 2.24) is 9.80 Å². The van der Waals surface area contributed by atoms with E-state index in [1.165, 1.54) is 7.05 Å². The number of rotatable bonds is 1. The van der Waals surface area contributed by atoms with Crippen LogP contribution in [0.4, 0.5) is 8.78 Å². The van der Waals surface area contributed by atoms with E-state index in [-0.39, 0.29) is 24.0 Å². The molecule has 4 rings (SSSR count). The minimum atomic E-state index is -2.87. The quantitative estimate of drug-likeness (QED) is 0.737. The smallest absolute Gasteiger partial charge is 0.273 e. The summed E-state index contributed by atoms with van der Waals surface area (Å²) in [6.45, 7) is 1.81. The van der Waals surface area contributed by atoms with Crippen molar-refractivity contribution >= 4 is 17.7 Å². The molecule has 2 fully saturated rings. The Kier molecular flexibility index (Phi) is 2.93. The molecule has 126 valence electrons. The topological polar surface area (TPSA) is 57.7 Å². The highest BCUT2D eigenvalue weighted by molar-refractivity contribution is 6.23. The fraction of sp³-hybridized carbons (Fsp3) is 0.471. The van der Waals surface area contributed by atoms with Crippen LogP contribution in [-0.2, 0) is 4.79 Å². The molecule has 3 aliphatic rings. The summed E-state index contributed by atoms with van der Waals surface area (Å²) in [7, 11) is 1.32. The first-order valence-electron chi connectivity index (χ1n) is 7.88. The lowest BCUT2D eigenvalue weighted by atomic mass is 10.1. The maximum Gasteiger partial charge on any atom is 0.273 e. The van der Waals surface area contributed by atoms with Gasteiger partial charge in [-0.15, -0.1) is 0 Å². The van der Waals surface area contributed by atoms with Crippen molar-refractivity contribution < 1.29 is 23.2 Å². The van der Waals surface area contributed by atoms with E-state index in [4.69, 9.17) is 0 Å². The normalized spacial score (nSPS) is 31.0. The van der Waals surface area contributed by atoms with Crippen LogP contribution in [0, 0.1) is 12.8 Å². The first-order valence-corrected chi connectivity index (χ1v) is 7.88. The summed E-state index contributed by atoms with van der Waals surface area (Å²) < 4.78 is 27.4. The molecule has 0 bridgehead atoms. The molecule has 0 spiro atoms. The molecule has 2 aliphatic heterocycles. The van der Waals surface area contributed by atoms with Crippen molar-refractivity contribution in [3.05, 3.63) is 34.9 Å². The van der Waals surface area contributed by atoms with E-state index in [2.05, 4.69) is 0 Å². The molecule has 1 aromatic rings. The number of aryl methyl sites for hydroxylation is 1. The van der Waals surface area contributed by atoms with Gasteiger partial charge >= 0.3 is 0 Å². The monoisotopic (exact) mass is 334 g/mol.